The minimum Gasteiger partial charge on any atom is -0.494 e. The van der Waals surface area contributed by atoms with Gasteiger partial charge in [0.2, 0.25) is 0 Å². The minimum atomic E-state index is -0.0836. The van der Waals surface area contributed by atoms with E-state index in [-0.39, 0.29) is 11.9 Å². The highest BCUT2D eigenvalue weighted by atomic mass is 16.5. The Morgan fingerprint density at radius 2 is 2.38 bits per heavy atom. The van der Waals surface area contributed by atoms with Crippen LogP contribution in [0.5, 0.6) is 5.75 Å². The number of carbonyl (C=O) groups is 1. The van der Waals surface area contributed by atoms with Gasteiger partial charge in [0.1, 0.15) is 11.4 Å². The van der Waals surface area contributed by atoms with Crippen LogP contribution in [-0.2, 0) is 4.74 Å². The molecule has 1 fully saturated rings. The summed E-state index contributed by atoms with van der Waals surface area (Å²) in [5.41, 5.74) is 1.51. The number of carbonyl (C=O) groups excluding carboxylic acids is 1. The zero-order chi connectivity index (χ0) is 14.7. The largest absolute Gasteiger partial charge is 0.494 e. The summed E-state index contributed by atoms with van der Waals surface area (Å²) in [6.07, 6.45) is 1.97. The molecule has 1 aromatic carbocycles. The van der Waals surface area contributed by atoms with E-state index in [1.807, 2.05) is 31.2 Å². The Labute approximate surface area is 123 Å². The number of aromatic nitrogens is 1. The van der Waals surface area contributed by atoms with Crippen LogP contribution in [-0.4, -0.2) is 36.8 Å². The highest BCUT2D eigenvalue weighted by molar-refractivity contribution is 5.98. The summed E-state index contributed by atoms with van der Waals surface area (Å²) in [5, 5.41) is 3.99. The number of benzene rings is 1. The maximum atomic E-state index is 12.3. The fourth-order valence-electron chi connectivity index (χ4n) is 2.61. The van der Waals surface area contributed by atoms with Crippen LogP contribution in [0.15, 0.2) is 24.3 Å². The van der Waals surface area contributed by atoms with Crippen molar-refractivity contribution in [3.8, 4) is 5.75 Å². The second kappa shape index (κ2) is 6.18. The van der Waals surface area contributed by atoms with Gasteiger partial charge in [0.05, 0.1) is 19.3 Å². The Kier molecular flexibility index (Phi) is 4.10. The zero-order valence-corrected chi connectivity index (χ0v) is 12.1. The van der Waals surface area contributed by atoms with Gasteiger partial charge in [-0.2, -0.15) is 0 Å². The lowest BCUT2D eigenvalue weighted by Gasteiger charge is -2.22. The number of H-pyrrole nitrogens is 1. The third-order valence-electron chi connectivity index (χ3n) is 3.64. The summed E-state index contributed by atoms with van der Waals surface area (Å²) >= 11 is 0. The van der Waals surface area contributed by atoms with Crippen LogP contribution < -0.4 is 10.1 Å². The monoisotopic (exact) mass is 288 g/mol. The third kappa shape index (κ3) is 3.19. The van der Waals surface area contributed by atoms with Crippen LogP contribution >= 0.6 is 0 Å². The topological polar surface area (TPSA) is 63.4 Å². The van der Waals surface area contributed by atoms with Gasteiger partial charge in [0, 0.05) is 17.5 Å². The predicted octanol–water partition coefficient (Wildman–Crippen LogP) is 2.48. The standard InChI is InChI=1S/C16H20N2O3/c1-2-21-13-5-6-14-11(8-13)9-15(18-14)16(19)17-12-4-3-7-20-10-12/h5-6,8-9,12,18H,2-4,7,10H2,1H3,(H,17,19)/t12-/m0/s1. The Morgan fingerprint density at radius 3 is 3.14 bits per heavy atom. The Balaban J connectivity index is 1.75. The molecule has 1 saturated heterocycles. The summed E-state index contributed by atoms with van der Waals surface area (Å²) in [5.74, 6) is 0.733. The van der Waals surface area contributed by atoms with Gasteiger partial charge in [-0.3, -0.25) is 4.79 Å². The molecule has 112 valence electrons. The van der Waals surface area contributed by atoms with Crippen LogP contribution in [0.1, 0.15) is 30.3 Å². The van der Waals surface area contributed by atoms with Crippen LogP contribution in [0.25, 0.3) is 10.9 Å². The normalized spacial score (nSPS) is 18.6. The van der Waals surface area contributed by atoms with Crippen molar-refractivity contribution in [2.45, 2.75) is 25.8 Å². The predicted molar refractivity (Wildman–Crippen MR) is 80.8 cm³/mol. The first-order valence-corrected chi connectivity index (χ1v) is 7.40. The lowest BCUT2D eigenvalue weighted by atomic mass is 10.1. The fourth-order valence-corrected chi connectivity index (χ4v) is 2.61. The lowest BCUT2D eigenvalue weighted by molar-refractivity contribution is 0.0622. The number of hydrogen-bond acceptors (Lipinski definition) is 3. The van der Waals surface area contributed by atoms with Crippen molar-refractivity contribution in [1.82, 2.24) is 10.3 Å². The molecule has 21 heavy (non-hydrogen) atoms. The average Bonchev–Trinajstić information content (AvgIpc) is 2.92. The molecule has 2 N–H and O–H groups in total. The second-order valence-corrected chi connectivity index (χ2v) is 5.25. The van der Waals surface area contributed by atoms with E-state index in [9.17, 15) is 4.79 Å². The molecule has 2 aromatic rings. The van der Waals surface area contributed by atoms with E-state index in [2.05, 4.69) is 10.3 Å². The maximum Gasteiger partial charge on any atom is 0.268 e. The van der Waals surface area contributed by atoms with Crippen molar-refractivity contribution in [3.63, 3.8) is 0 Å². The first-order valence-electron chi connectivity index (χ1n) is 7.40. The smallest absolute Gasteiger partial charge is 0.268 e. The number of aromatic amines is 1. The lowest BCUT2D eigenvalue weighted by Crippen LogP contribution is -2.40. The summed E-state index contributed by atoms with van der Waals surface area (Å²) in [6, 6.07) is 7.74. The van der Waals surface area contributed by atoms with Gasteiger partial charge in [-0.15, -0.1) is 0 Å². The number of amides is 1. The van der Waals surface area contributed by atoms with E-state index in [1.54, 1.807) is 0 Å². The molecule has 0 spiro atoms. The zero-order valence-electron chi connectivity index (χ0n) is 12.1. The first kappa shape index (κ1) is 13.9. The minimum absolute atomic E-state index is 0.0836. The van der Waals surface area contributed by atoms with E-state index in [4.69, 9.17) is 9.47 Å². The van der Waals surface area contributed by atoms with E-state index in [0.29, 0.717) is 18.9 Å². The first-order chi connectivity index (χ1) is 10.3. The fraction of sp³-hybridized carbons (Fsp3) is 0.438. The van der Waals surface area contributed by atoms with Crippen molar-refractivity contribution < 1.29 is 14.3 Å². The Bertz CT molecular complexity index is 629. The van der Waals surface area contributed by atoms with Crippen LogP contribution in [0.3, 0.4) is 0 Å². The SMILES string of the molecule is CCOc1ccc2[nH]c(C(=O)N[C@H]3CCCOC3)cc2c1. The molecular weight excluding hydrogens is 268 g/mol. The van der Waals surface area contributed by atoms with Crippen molar-refractivity contribution in [2.75, 3.05) is 19.8 Å². The summed E-state index contributed by atoms with van der Waals surface area (Å²) in [4.78, 5) is 15.4. The van der Waals surface area contributed by atoms with Crippen LogP contribution in [0.4, 0.5) is 0 Å². The molecule has 0 radical (unpaired) electrons. The summed E-state index contributed by atoms with van der Waals surface area (Å²) in [7, 11) is 0. The average molecular weight is 288 g/mol. The van der Waals surface area contributed by atoms with Crippen molar-refractivity contribution in [2.24, 2.45) is 0 Å². The number of rotatable bonds is 4. The molecule has 0 saturated carbocycles. The summed E-state index contributed by atoms with van der Waals surface area (Å²) in [6.45, 7) is 3.97. The number of ether oxygens (including phenoxy) is 2. The molecule has 5 heteroatoms. The van der Waals surface area contributed by atoms with Gasteiger partial charge < -0.3 is 19.8 Å². The number of nitrogens with one attached hydrogen (secondary N) is 2. The second-order valence-electron chi connectivity index (χ2n) is 5.25. The van der Waals surface area contributed by atoms with E-state index in [1.165, 1.54) is 0 Å². The Hall–Kier alpha value is -2.01. The van der Waals surface area contributed by atoms with Crippen LogP contribution in [0.2, 0.25) is 0 Å². The molecule has 0 aliphatic carbocycles. The van der Waals surface area contributed by atoms with Crippen LogP contribution in [0, 0.1) is 0 Å². The molecule has 3 rings (SSSR count). The maximum absolute atomic E-state index is 12.3. The third-order valence-corrected chi connectivity index (χ3v) is 3.64. The molecule has 1 amide bonds. The highest BCUT2D eigenvalue weighted by Gasteiger charge is 2.18. The Morgan fingerprint density at radius 1 is 1.48 bits per heavy atom. The van der Waals surface area contributed by atoms with Crippen molar-refractivity contribution in [1.29, 1.82) is 0 Å². The molecular formula is C16H20N2O3. The van der Waals surface area contributed by atoms with Gasteiger partial charge in [0.15, 0.2) is 0 Å². The van der Waals surface area contributed by atoms with Crippen molar-refractivity contribution >= 4 is 16.8 Å². The molecule has 2 heterocycles. The van der Waals surface area contributed by atoms with Gasteiger partial charge >= 0.3 is 0 Å². The summed E-state index contributed by atoms with van der Waals surface area (Å²) < 4.78 is 10.9. The van der Waals surface area contributed by atoms with Gasteiger partial charge in [-0.25, -0.2) is 0 Å². The quantitative estimate of drug-likeness (QED) is 0.908. The van der Waals surface area contributed by atoms with Gasteiger partial charge in [0.25, 0.3) is 5.91 Å². The highest BCUT2D eigenvalue weighted by Crippen LogP contribution is 2.22. The molecule has 1 aromatic heterocycles. The molecule has 1 aliphatic rings. The number of hydrogen-bond donors (Lipinski definition) is 2. The van der Waals surface area contributed by atoms with Crippen molar-refractivity contribution in [3.05, 3.63) is 30.0 Å². The van der Waals surface area contributed by atoms with Gasteiger partial charge in [-0.05, 0) is 44.0 Å². The number of fused-ring (bicyclic) bond motifs is 1. The molecule has 1 atom stereocenters. The molecule has 0 unspecified atom stereocenters. The van der Waals surface area contributed by atoms with E-state index in [0.717, 1.165) is 36.1 Å². The van der Waals surface area contributed by atoms with E-state index < -0.39 is 0 Å². The van der Waals surface area contributed by atoms with E-state index >= 15 is 0 Å². The molecule has 1 aliphatic heterocycles. The van der Waals surface area contributed by atoms with Gasteiger partial charge in [-0.1, -0.05) is 0 Å². The molecule has 5 nitrogen and oxygen atoms in total. The molecule has 0 bridgehead atoms.